The second kappa shape index (κ2) is 4.73. The number of carbonyl (C=O) groups excluding carboxylic acids is 1. The average molecular weight is 226 g/mol. The predicted octanol–water partition coefficient (Wildman–Crippen LogP) is 0.877. The molecule has 0 radical (unpaired) electrons. The SMILES string of the molecule is CC(C)NC(=O)[C@@H](C)n1cc([N+](=O)[O-])cn1. The van der Waals surface area contributed by atoms with Crippen molar-refractivity contribution in [2.45, 2.75) is 32.9 Å². The topological polar surface area (TPSA) is 90.1 Å². The zero-order chi connectivity index (χ0) is 12.3. The highest BCUT2D eigenvalue weighted by Gasteiger charge is 2.19. The van der Waals surface area contributed by atoms with Crippen molar-refractivity contribution < 1.29 is 9.72 Å². The van der Waals surface area contributed by atoms with Crippen LogP contribution < -0.4 is 5.32 Å². The van der Waals surface area contributed by atoms with Gasteiger partial charge in [0.2, 0.25) is 5.91 Å². The molecule has 1 amide bonds. The van der Waals surface area contributed by atoms with Crippen LogP contribution in [0.4, 0.5) is 5.69 Å². The summed E-state index contributed by atoms with van der Waals surface area (Å²) in [7, 11) is 0. The van der Waals surface area contributed by atoms with Gasteiger partial charge in [0.1, 0.15) is 18.4 Å². The fraction of sp³-hybridized carbons (Fsp3) is 0.556. The molecular formula is C9H14N4O3. The number of nitro groups is 1. The van der Waals surface area contributed by atoms with Crippen molar-refractivity contribution >= 4 is 11.6 Å². The lowest BCUT2D eigenvalue weighted by atomic mass is 10.3. The van der Waals surface area contributed by atoms with Crippen LogP contribution in [0.1, 0.15) is 26.8 Å². The Labute approximate surface area is 92.6 Å². The molecule has 1 heterocycles. The number of carbonyl (C=O) groups is 1. The molecule has 7 heteroatoms. The molecule has 88 valence electrons. The highest BCUT2D eigenvalue weighted by atomic mass is 16.6. The van der Waals surface area contributed by atoms with Gasteiger partial charge in [0.15, 0.2) is 0 Å². The smallest absolute Gasteiger partial charge is 0.307 e. The van der Waals surface area contributed by atoms with Crippen molar-refractivity contribution in [3.63, 3.8) is 0 Å². The van der Waals surface area contributed by atoms with Gasteiger partial charge >= 0.3 is 5.69 Å². The van der Waals surface area contributed by atoms with E-state index in [1.54, 1.807) is 6.92 Å². The largest absolute Gasteiger partial charge is 0.352 e. The minimum Gasteiger partial charge on any atom is -0.352 e. The van der Waals surface area contributed by atoms with Crippen molar-refractivity contribution in [3.8, 4) is 0 Å². The molecule has 0 aromatic carbocycles. The zero-order valence-corrected chi connectivity index (χ0v) is 9.38. The number of amides is 1. The van der Waals surface area contributed by atoms with E-state index in [9.17, 15) is 14.9 Å². The molecule has 0 spiro atoms. The van der Waals surface area contributed by atoms with Crippen molar-refractivity contribution in [1.82, 2.24) is 15.1 Å². The van der Waals surface area contributed by atoms with E-state index in [0.717, 1.165) is 6.20 Å². The number of nitrogens with one attached hydrogen (secondary N) is 1. The first-order valence-corrected chi connectivity index (χ1v) is 4.90. The van der Waals surface area contributed by atoms with Gasteiger partial charge in [-0.2, -0.15) is 5.10 Å². The van der Waals surface area contributed by atoms with E-state index in [1.807, 2.05) is 13.8 Å². The minimum absolute atomic E-state index is 0.0282. The standard InChI is InChI=1S/C9H14N4O3/c1-6(2)11-9(14)7(3)12-5-8(4-10-12)13(15)16/h4-7H,1-3H3,(H,11,14)/t7-/m1/s1. The average Bonchev–Trinajstić information content (AvgIpc) is 2.64. The summed E-state index contributed by atoms with van der Waals surface area (Å²) in [5.74, 6) is -0.215. The molecule has 16 heavy (non-hydrogen) atoms. The van der Waals surface area contributed by atoms with Gasteiger partial charge in [-0.3, -0.25) is 19.6 Å². The van der Waals surface area contributed by atoms with Crippen LogP contribution in [0.3, 0.4) is 0 Å². The van der Waals surface area contributed by atoms with Crippen LogP contribution in [-0.4, -0.2) is 26.7 Å². The summed E-state index contributed by atoms with van der Waals surface area (Å²) < 4.78 is 1.27. The third kappa shape index (κ3) is 2.78. The monoisotopic (exact) mass is 226 g/mol. The number of rotatable bonds is 4. The summed E-state index contributed by atoms with van der Waals surface area (Å²) >= 11 is 0. The lowest BCUT2D eigenvalue weighted by Gasteiger charge is -2.14. The predicted molar refractivity (Wildman–Crippen MR) is 56.9 cm³/mol. The molecule has 1 aromatic heterocycles. The lowest BCUT2D eigenvalue weighted by molar-refractivity contribution is -0.385. The Hall–Kier alpha value is -1.92. The molecule has 0 aliphatic heterocycles. The fourth-order valence-electron chi connectivity index (χ4n) is 1.16. The number of hydrogen-bond donors (Lipinski definition) is 1. The molecule has 7 nitrogen and oxygen atoms in total. The Morgan fingerprint density at radius 2 is 2.19 bits per heavy atom. The summed E-state index contributed by atoms with van der Waals surface area (Å²) in [6, 6.07) is -0.531. The minimum atomic E-state index is -0.559. The van der Waals surface area contributed by atoms with Crippen LogP contribution in [0.2, 0.25) is 0 Å². The van der Waals surface area contributed by atoms with Crippen LogP contribution in [0.15, 0.2) is 12.4 Å². The van der Waals surface area contributed by atoms with Gasteiger partial charge in [-0.05, 0) is 20.8 Å². The van der Waals surface area contributed by atoms with Gasteiger partial charge in [-0.1, -0.05) is 0 Å². The van der Waals surface area contributed by atoms with E-state index >= 15 is 0 Å². The van der Waals surface area contributed by atoms with E-state index < -0.39 is 11.0 Å². The third-order valence-corrected chi connectivity index (χ3v) is 2.01. The summed E-state index contributed by atoms with van der Waals surface area (Å²) in [5, 5.41) is 16.9. The quantitative estimate of drug-likeness (QED) is 0.609. The first-order chi connectivity index (χ1) is 7.41. The first-order valence-electron chi connectivity index (χ1n) is 4.90. The summed E-state index contributed by atoms with van der Waals surface area (Å²) in [5.41, 5.74) is -0.121. The van der Waals surface area contributed by atoms with Gasteiger partial charge in [0.25, 0.3) is 0 Å². The van der Waals surface area contributed by atoms with Crippen LogP contribution in [-0.2, 0) is 4.79 Å². The molecule has 0 fully saturated rings. The maximum atomic E-state index is 11.6. The molecule has 1 N–H and O–H groups in total. The highest BCUT2D eigenvalue weighted by molar-refractivity contribution is 5.80. The van der Waals surface area contributed by atoms with Gasteiger partial charge in [0.05, 0.1) is 4.92 Å². The van der Waals surface area contributed by atoms with Crippen LogP contribution in [0.25, 0.3) is 0 Å². The van der Waals surface area contributed by atoms with Gasteiger partial charge < -0.3 is 5.32 Å². The molecule has 1 atom stereocenters. The Morgan fingerprint density at radius 3 is 2.62 bits per heavy atom. The van der Waals surface area contributed by atoms with Crippen LogP contribution in [0.5, 0.6) is 0 Å². The van der Waals surface area contributed by atoms with Gasteiger partial charge in [0, 0.05) is 6.04 Å². The van der Waals surface area contributed by atoms with E-state index in [1.165, 1.54) is 10.9 Å². The molecule has 0 aliphatic carbocycles. The third-order valence-electron chi connectivity index (χ3n) is 2.01. The highest BCUT2D eigenvalue weighted by Crippen LogP contribution is 2.12. The lowest BCUT2D eigenvalue weighted by Crippen LogP contribution is -2.35. The Bertz CT molecular complexity index is 399. The normalized spacial score (nSPS) is 12.5. The van der Waals surface area contributed by atoms with Crippen LogP contribution >= 0.6 is 0 Å². The number of hydrogen-bond acceptors (Lipinski definition) is 4. The van der Waals surface area contributed by atoms with Gasteiger partial charge in [-0.25, -0.2) is 0 Å². The summed E-state index contributed by atoms with van der Waals surface area (Å²) in [6.07, 6.45) is 2.36. The van der Waals surface area contributed by atoms with Crippen molar-refractivity contribution in [2.24, 2.45) is 0 Å². The van der Waals surface area contributed by atoms with E-state index in [4.69, 9.17) is 0 Å². The first kappa shape index (κ1) is 12.2. The van der Waals surface area contributed by atoms with Crippen LogP contribution in [0, 0.1) is 10.1 Å². The Balaban J connectivity index is 2.76. The molecule has 0 bridgehead atoms. The summed E-state index contributed by atoms with van der Waals surface area (Å²) in [4.78, 5) is 21.5. The Morgan fingerprint density at radius 1 is 1.56 bits per heavy atom. The van der Waals surface area contributed by atoms with E-state index in [-0.39, 0.29) is 17.6 Å². The maximum absolute atomic E-state index is 11.6. The second-order valence-corrected chi connectivity index (χ2v) is 3.77. The maximum Gasteiger partial charge on any atom is 0.307 e. The molecular weight excluding hydrogens is 212 g/mol. The van der Waals surface area contributed by atoms with Gasteiger partial charge in [-0.15, -0.1) is 0 Å². The fourth-order valence-corrected chi connectivity index (χ4v) is 1.16. The molecule has 1 rings (SSSR count). The van der Waals surface area contributed by atoms with Crippen molar-refractivity contribution in [3.05, 3.63) is 22.5 Å². The molecule has 0 aliphatic rings. The molecule has 1 aromatic rings. The second-order valence-electron chi connectivity index (χ2n) is 3.77. The molecule has 0 unspecified atom stereocenters. The summed E-state index contributed by atoms with van der Waals surface area (Å²) in [6.45, 7) is 5.32. The van der Waals surface area contributed by atoms with Crippen molar-refractivity contribution in [2.75, 3.05) is 0 Å². The van der Waals surface area contributed by atoms with E-state index in [2.05, 4.69) is 10.4 Å². The molecule has 0 saturated heterocycles. The number of aromatic nitrogens is 2. The molecule has 0 saturated carbocycles. The Kier molecular flexibility index (Phi) is 3.60. The zero-order valence-electron chi connectivity index (χ0n) is 9.38. The van der Waals surface area contributed by atoms with Crippen molar-refractivity contribution in [1.29, 1.82) is 0 Å². The van der Waals surface area contributed by atoms with E-state index in [0.29, 0.717) is 0 Å². The number of nitrogens with zero attached hydrogens (tertiary/aromatic N) is 3.